The largest absolute Gasteiger partial charge is 0.326 e. The van der Waals surface area contributed by atoms with Crippen molar-refractivity contribution in [1.29, 1.82) is 0 Å². The number of aromatic nitrogens is 4. The fourth-order valence-electron chi connectivity index (χ4n) is 5.51. The molecule has 2 aromatic carbocycles. The van der Waals surface area contributed by atoms with Gasteiger partial charge in [-0.15, -0.1) is 5.10 Å². The zero-order valence-corrected chi connectivity index (χ0v) is 28.8. The lowest BCUT2D eigenvalue weighted by Crippen LogP contribution is -2.19. The minimum Gasteiger partial charge on any atom is -0.326 e. The third-order valence-corrected chi connectivity index (χ3v) is 9.02. The van der Waals surface area contributed by atoms with Crippen molar-refractivity contribution in [3.8, 4) is 11.4 Å². The molecule has 1 atom stereocenters. The van der Waals surface area contributed by atoms with Gasteiger partial charge in [0.2, 0.25) is 5.91 Å². The molecule has 2 N–H and O–H groups in total. The SMILES string of the molecule is CCCCCCCCCCCCC(=O)c1ccc(Cl)c(C(C)C(=O)Nc2cccc(-c3nc4c(Cl)c(C(C)(C)C)[nH]n4n3)c2)c1. The topological polar surface area (TPSA) is 92.1 Å². The summed E-state index contributed by atoms with van der Waals surface area (Å²) in [6.07, 6.45) is 12.8. The van der Waals surface area contributed by atoms with E-state index in [4.69, 9.17) is 23.2 Å². The van der Waals surface area contributed by atoms with Crippen LogP contribution in [0.5, 0.6) is 0 Å². The van der Waals surface area contributed by atoms with Gasteiger partial charge in [0.05, 0.1) is 11.6 Å². The number of hydrogen-bond donors (Lipinski definition) is 2. The van der Waals surface area contributed by atoms with Gasteiger partial charge in [-0.3, -0.25) is 14.7 Å². The molecule has 242 valence electrons. The van der Waals surface area contributed by atoms with Crippen LogP contribution in [0.25, 0.3) is 17.0 Å². The van der Waals surface area contributed by atoms with E-state index < -0.39 is 5.92 Å². The molecule has 7 nitrogen and oxygen atoms in total. The number of amides is 1. The van der Waals surface area contributed by atoms with Gasteiger partial charge in [-0.1, -0.05) is 121 Å². The predicted molar refractivity (Wildman–Crippen MR) is 186 cm³/mol. The van der Waals surface area contributed by atoms with Crippen molar-refractivity contribution < 1.29 is 9.59 Å². The normalized spacial score (nSPS) is 12.5. The first kappa shape index (κ1) is 34.7. The summed E-state index contributed by atoms with van der Waals surface area (Å²) < 4.78 is 1.58. The van der Waals surface area contributed by atoms with Crippen LogP contribution in [-0.4, -0.2) is 31.5 Å². The Balaban J connectivity index is 1.33. The van der Waals surface area contributed by atoms with Crippen molar-refractivity contribution in [3.63, 3.8) is 0 Å². The molecule has 45 heavy (non-hydrogen) atoms. The lowest BCUT2D eigenvalue weighted by atomic mass is 9.92. The van der Waals surface area contributed by atoms with Crippen molar-refractivity contribution >= 4 is 46.2 Å². The Hall–Kier alpha value is -3.16. The number of nitrogens with one attached hydrogen (secondary N) is 2. The average Bonchev–Trinajstić information content (AvgIpc) is 3.57. The minimum absolute atomic E-state index is 0.0892. The molecule has 0 radical (unpaired) electrons. The van der Waals surface area contributed by atoms with E-state index in [9.17, 15) is 9.59 Å². The number of H-pyrrole nitrogens is 1. The van der Waals surface area contributed by atoms with Gasteiger partial charge < -0.3 is 5.32 Å². The Morgan fingerprint density at radius 3 is 2.24 bits per heavy atom. The van der Waals surface area contributed by atoms with Crippen LogP contribution in [0.1, 0.15) is 133 Å². The van der Waals surface area contributed by atoms with Crippen LogP contribution >= 0.6 is 23.2 Å². The molecule has 4 aromatic rings. The Morgan fingerprint density at radius 1 is 0.933 bits per heavy atom. The number of aromatic amines is 1. The number of unbranched alkanes of at least 4 members (excludes halogenated alkanes) is 9. The van der Waals surface area contributed by atoms with Crippen LogP contribution in [0, 0.1) is 0 Å². The molecule has 0 saturated heterocycles. The highest BCUT2D eigenvalue weighted by molar-refractivity contribution is 6.34. The number of carbonyl (C=O) groups excluding carboxylic acids is 2. The number of carbonyl (C=O) groups is 2. The first-order chi connectivity index (χ1) is 21.5. The zero-order chi connectivity index (χ0) is 32.6. The van der Waals surface area contributed by atoms with Crippen LogP contribution in [0.3, 0.4) is 0 Å². The summed E-state index contributed by atoms with van der Waals surface area (Å²) in [5.74, 6) is -0.212. The van der Waals surface area contributed by atoms with Gasteiger partial charge in [-0.2, -0.15) is 4.63 Å². The second kappa shape index (κ2) is 15.9. The maximum absolute atomic E-state index is 13.3. The summed E-state index contributed by atoms with van der Waals surface area (Å²) >= 11 is 13.1. The molecule has 1 unspecified atom stereocenters. The molecule has 0 fully saturated rings. The summed E-state index contributed by atoms with van der Waals surface area (Å²) in [5, 5.41) is 11.8. The van der Waals surface area contributed by atoms with Crippen LogP contribution in [0.4, 0.5) is 5.69 Å². The molecule has 0 bridgehead atoms. The van der Waals surface area contributed by atoms with Gasteiger partial charge in [0.15, 0.2) is 17.3 Å². The van der Waals surface area contributed by atoms with Crippen LogP contribution in [0.2, 0.25) is 10.0 Å². The fraction of sp³-hybridized carbons (Fsp3) is 0.500. The molecule has 2 aromatic heterocycles. The van der Waals surface area contributed by atoms with E-state index in [2.05, 4.69) is 48.2 Å². The van der Waals surface area contributed by atoms with E-state index in [1.54, 1.807) is 29.8 Å². The predicted octanol–water partition coefficient (Wildman–Crippen LogP) is 10.6. The second-order valence-corrected chi connectivity index (χ2v) is 13.9. The van der Waals surface area contributed by atoms with Gasteiger partial charge >= 0.3 is 0 Å². The summed E-state index contributed by atoms with van der Waals surface area (Å²) in [6, 6.07) is 12.6. The molecule has 1 amide bonds. The summed E-state index contributed by atoms with van der Waals surface area (Å²) in [4.78, 5) is 30.9. The van der Waals surface area contributed by atoms with Crippen molar-refractivity contribution in [3.05, 3.63) is 69.3 Å². The van der Waals surface area contributed by atoms with E-state index in [1.165, 1.54) is 51.4 Å². The molecular formula is C36H47Cl2N5O2. The van der Waals surface area contributed by atoms with Crippen molar-refractivity contribution in [1.82, 2.24) is 19.8 Å². The zero-order valence-electron chi connectivity index (χ0n) is 27.3. The van der Waals surface area contributed by atoms with Gasteiger partial charge in [0.25, 0.3) is 0 Å². The highest BCUT2D eigenvalue weighted by Gasteiger charge is 2.25. The van der Waals surface area contributed by atoms with Gasteiger partial charge in [0, 0.05) is 33.7 Å². The number of Topliss-reactive ketones (excluding diaryl/α,β-unsaturated/α-hetero) is 1. The third kappa shape index (κ3) is 9.20. The molecule has 0 aliphatic rings. The quantitative estimate of drug-likeness (QED) is 0.0931. The number of nitrogens with zero attached hydrogens (tertiary/aromatic N) is 3. The molecule has 4 rings (SSSR count). The maximum Gasteiger partial charge on any atom is 0.231 e. The molecule has 0 aliphatic heterocycles. The molecule has 0 aliphatic carbocycles. The van der Waals surface area contributed by atoms with Gasteiger partial charge in [-0.05, 0) is 49.2 Å². The molecular weight excluding hydrogens is 605 g/mol. The van der Waals surface area contributed by atoms with E-state index in [1.807, 2.05) is 24.3 Å². The minimum atomic E-state index is -0.565. The Labute approximate surface area is 277 Å². The average molecular weight is 653 g/mol. The number of rotatable bonds is 16. The molecule has 9 heteroatoms. The molecule has 2 heterocycles. The van der Waals surface area contributed by atoms with Gasteiger partial charge in [0.1, 0.15) is 5.02 Å². The van der Waals surface area contributed by atoms with Crippen LogP contribution < -0.4 is 5.32 Å². The van der Waals surface area contributed by atoms with E-state index in [-0.39, 0.29) is 17.1 Å². The van der Waals surface area contributed by atoms with E-state index in [0.29, 0.717) is 44.8 Å². The second-order valence-electron chi connectivity index (χ2n) is 13.1. The number of halogens is 2. The number of fused-ring (bicyclic) bond motifs is 1. The fourth-order valence-corrected chi connectivity index (χ4v) is 6.24. The highest BCUT2D eigenvalue weighted by atomic mass is 35.5. The smallest absolute Gasteiger partial charge is 0.231 e. The molecule has 0 saturated carbocycles. The summed E-state index contributed by atoms with van der Waals surface area (Å²) in [6.45, 7) is 10.2. The number of hydrogen-bond acceptors (Lipinski definition) is 4. The number of benzene rings is 2. The summed E-state index contributed by atoms with van der Waals surface area (Å²) in [5.41, 5.74) is 3.82. The Bertz CT molecular complexity index is 1600. The number of anilines is 1. The maximum atomic E-state index is 13.3. The van der Waals surface area contributed by atoms with Gasteiger partial charge in [-0.25, -0.2) is 4.98 Å². The first-order valence-electron chi connectivity index (χ1n) is 16.4. The van der Waals surface area contributed by atoms with Crippen LogP contribution in [0.15, 0.2) is 42.5 Å². The van der Waals surface area contributed by atoms with Crippen molar-refractivity contribution in [2.24, 2.45) is 0 Å². The van der Waals surface area contributed by atoms with E-state index >= 15 is 0 Å². The van der Waals surface area contributed by atoms with E-state index in [0.717, 1.165) is 24.1 Å². The lowest BCUT2D eigenvalue weighted by molar-refractivity contribution is -0.117. The standard InChI is InChI=1S/C36H47Cl2N5O2/c1-6-7-8-9-10-11-12-13-14-15-19-30(44)25-20-21-29(37)28(23-25)24(2)35(45)39-27-18-16-17-26(22-27)33-40-34-31(38)32(36(3,4)5)41-43(34)42-33/h16-18,20-24,41H,6-15,19H2,1-5H3,(H,39,45). The Kier molecular flexibility index (Phi) is 12.3. The summed E-state index contributed by atoms with van der Waals surface area (Å²) in [7, 11) is 0. The monoisotopic (exact) mass is 651 g/mol. The molecule has 0 spiro atoms. The first-order valence-corrected chi connectivity index (χ1v) is 17.1. The van der Waals surface area contributed by atoms with Crippen LogP contribution in [-0.2, 0) is 10.2 Å². The lowest BCUT2D eigenvalue weighted by Gasteiger charge is -2.16. The van der Waals surface area contributed by atoms with Crippen molar-refractivity contribution in [2.45, 2.75) is 117 Å². The van der Waals surface area contributed by atoms with Crippen molar-refractivity contribution in [2.75, 3.05) is 5.32 Å². The highest BCUT2D eigenvalue weighted by Crippen LogP contribution is 2.32. The number of ketones is 1. The third-order valence-electron chi connectivity index (χ3n) is 8.31. The Morgan fingerprint density at radius 2 is 1.60 bits per heavy atom.